The highest BCUT2D eigenvalue weighted by Crippen LogP contribution is 2.37. The third kappa shape index (κ3) is 8.86. The third-order valence-electron chi connectivity index (χ3n) is 5.33. The van der Waals surface area contributed by atoms with Gasteiger partial charge in [-0.05, 0) is 65.5 Å². The number of halogens is 1. The number of aromatic amines is 1. The van der Waals surface area contributed by atoms with Crippen molar-refractivity contribution in [2.75, 3.05) is 24.4 Å². The highest BCUT2D eigenvalue weighted by molar-refractivity contribution is 7.99. The van der Waals surface area contributed by atoms with E-state index in [0.717, 1.165) is 47.9 Å². The second-order valence-corrected chi connectivity index (χ2v) is 10.1. The predicted molar refractivity (Wildman–Crippen MR) is 129 cm³/mol. The monoisotopic (exact) mass is 505 g/mol. The molecule has 1 aromatic rings. The van der Waals surface area contributed by atoms with E-state index in [-0.39, 0.29) is 19.1 Å². The first-order chi connectivity index (χ1) is 15.7. The van der Waals surface area contributed by atoms with Crippen LogP contribution >= 0.6 is 23.4 Å². The predicted octanol–water partition coefficient (Wildman–Crippen LogP) is 2.44. The number of unbranched alkanes of at least 4 members (excludes halogenated alkanes) is 1. The summed E-state index contributed by atoms with van der Waals surface area (Å²) in [6.07, 6.45) is 5.07. The maximum Gasteiger partial charge on any atom is 0.358 e. The Labute approximate surface area is 205 Å². The quantitative estimate of drug-likeness (QED) is 0.0376. The summed E-state index contributed by atoms with van der Waals surface area (Å²) in [7, 11) is 0. The van der Waals surface area contributed by atoms with Crippen LogP contribution in [0.1, 0.15) is 58.6 Å². The van der Waals surface area contributed by atoms with Gasteiger partial charge in [-0.15, -0.1) is 0 Å². The zero-order valence-electron chi connectivity index (χ0n) is 19.6. The Hall–Kier alpha value is -1.14. The number of aromatic nitrogens is 2. The van der Waals surface area contributed by atoms with Gasteiger partial charge in [-0.25, -0.2) is 4.98 Å². The minimum atomic E-state index is -1.32. The molecule has 1 aromatic heterocycles. The van der Waals surface area contributed by atoms with E-state index in [1.807, 2.05) is 0 Å². The third-order valence-corrected chi connectivity index (χ3v) is 6.69. The van der Waals surface area contributed by atoms with Gasteiger partial charge in [-0.1, -0.05) is 13.3 Å². The molecule has 1 aliphatic carbocycles. The minimum absolute atomic E-state index is 0.00576. The molecule has 1 heterocycles. The summed E-state index contributed by atoms with van der Waals surface area (Å²) in [5.41, 5.74) is 4.84. The lowest BCUT2D eigenvalue weighted by molar-refractivity contribution is -0.430. The molecule has 2 rings (SSSR count). The molecule has 1 fully saturated rings. The van der Waals surface area contributed by atoms with Gasteiger partial charge in [0.25, 0.3) is 0 Å². The summed E-state index contributed by atoms with van der Waals surface area (Å²) in [6.45, 7) is 5.18. The molecule has 11 heteroatoms. The number of aliphatic hydroxyl groups is 3. The van der Waals surface area contributed by atoms with Gasteiger partial charge >= 0.3 is 5.16 Å². The van der Waals surface area contributed by atoms with Gasteiger partial charge in [0.1, 0.15) is 6.10 Å². The molecular formula is C22H38ClN4O5S+. The van der Waals surface area contributed by atoms with Gasteiger partial charge in [-0.2, -0.15) is 0 Å². The van der Waals surface area contributed by atoms with E-state index in [0.29, 0.717) is 23.7 Å². The van der Waals surface area contributed by atoms with Gasteiger partial charge in [0.15, 0.2) is 11.4 Å². The number of nitrogens with zero attached hydrogens (tertiary/aromatic N) is 1. The van der Waals surface area contributed by atoms with Crippen molar-refractivity contribution in [3.8, 4) is 0 Å². The van der Waals surface area contributed by atoms with E-state index in [1.165, 1.54) is 20.1 Å². The van der Waals surface area contributed by atoms with Crippen molar-refractivity contribution >= 4 is 29.1 Å². The average molecular weight is 506 g/mol. The molecule has 3 atom stereocenters. The van der Waals surface area contributed by atoms with E-state index < -0.39 is 18.0 Å². The van der Waals surface area contributed by atoms with Gasteiger partial charge in [0.2, 0.25) is 10.9 Å². The van der Waals surface area contributed by atoms with Crippen molar-refractivity contribution < 1.29 is 29.8 Å². The van der Waals surface area contributed by atoms with Crippen molar-refractivity contribution in [2.45, 2.75) is 82.4 Å². The van der Waals surface area contributed by atoms with Crippen LogP contribution in [0.4, 0.5) is 5.69 Å². The van der Waals surface area contributed by atoms with E-state index in [1.54, 1.807) is 11.8 Å². The fourth-order valence-electron chi connectivity index (χ4n) is 3.78. The van der Waals surface area contributed by atoms with Crippen LogP contribution in [0.3, 0.4) is 0 Å². The molecule has 0 aromatic carbocycles. The van der Waals surface area contributed by atoms with Gasteiger partial charge in [0.05, 0.1) is 25.6 Å². The molecule has 188 valence electrons. The standard InChI is InChI=1S/C22H37ClN4O5S/c1-4-11-33-21-25-16(17(27-24)20(23)26-21)8-6-5-7-14-12-15(13-32-22(2,3)30)19(18(14)29)31-10-9-28/h13-14,18-19,27-30H,4-12,24H2,1-3H3/p+1/b15-13+/t14-,18+,19+/m0/s1. The van der Waals surface area contributed by atoms with Crippen molar-refractivity contribution in [3.05, 3.63) is 22.7 Å². The lowest BCUT2D eigenvalue weighted by Crippen LogP contribution is -2.30. The number of rotatable bonds is 14. The molecule has 0 amide bonds. The molecule has 1 aliphatic rings. The maximum absolute atomic E-state index is 10.8. The van der Waals surface area contributed by atoms with E-state index in [9.17, 15) is 10.2 Å². The number of hydrogen-bond donors (Lipinski definition) is 5. The molecule has 0 bridgehead atoms. The highest BCUT2D eigenvalue weighted by atomic mass is 35.5. The SMILES string of the molecule is CCCSc1nc(CCCC[C@H]2C/C(=C\OC(C)(C)O)[C@@H](OCCO)[C@@H]2O)c(NN)c(Cl)[nH+]1. The summed E-state index contributed by atoms with van der Waals surface area (Å²) in [6, 6.07) is 0. The molecule has 1 saturated carbocycles. The number of ether oxygens (including phenoxy) is 2. The number of aliphatic hydroxyl groups excluding tert-OH is 2. The number of aryl methyl sites for hydroxylation is 1. The van der Waals surface area contributed by atoms with Crippen molar-refractivity contribution in [1.29, 1.82) is 0 Å². The van der Waals surface area contributed by atoms with Gasteiger partial charge < -0.3 is 30.2 Å². The Balaban J connectivity index is 1.97. The topological polar surface area (TPSA) is 144 Å². The molecule has 0 unspecified atom stereocenters. The number of thioether (sulfide) groups is 1. The Kier molecular flexibility index (Phi) is 11.6. The summed E-state index contributed by atoms with van der Waals surface area (Å²) >= 11 is 7.95. The van der Waals surface area contributed by atoms with Crippen LogP contribution < -0.4 is 16.3 Å². The molecule has 33 heavy (non-hydrogen) atoms. The Morgan fingerprint density at radius 2 is 2.15 bits per heavy atom. The number of H-pyrrole nitrogens is 1. The molecule has 7 N–H and O–H groups in total. The molecule has 9 nitrogen and oxygen atoms in total. The first-order valence-electron chi connectivity index (χ1n) is 11.4. The summed E-state index contributed by atoms with van der Waals surface area (Å²) in [5, 5.41) is 31.0. The lowest BCUT2D eigenvalue weighted by Gasteiger charge is -2.21. The van der Waals surface area contributed by atoms with Crippen LogP contribution in [-0.4, -0.2) is 57.3 Å². The van der Waals surface area contributed by atoms with Crippen LogP contribution in [0.15, 0.2) is 17.0 Å². The number of hydrogen-bond acceptors (Lipinski definition) is 9. The summed E-state index contributed by atoms with van der Waals surface area (Å²) in [5.74, 6) is 5.27. The first-order valence-corrected chi connectivity index (χ1v) is 12.8. The van der Waals surface area contributed by atoms with Crippen LogP contribution in [0.25, 0.3) is 0 Å². The number of anilines is 1. The van der Waals surface area contributed by atoms with E-state index >= 15 is 0 Å². The Morgan fingerprint density at radius 3 is 2.79 bits per heavy atom. The molecule has 0 spiro atoms. The van der Waals surface area contributed by atoms with E-state index in [2.05, 4.69) is 22.3 Å². The smallest absolute Gasteiger partial charge is 0.358 e. The van der Waals surface area contributed by atoms with Crippen molar-refractivity contribution in [3.63, 3.8) is 0 Å². The highest BCUT2D eigenvalue weighted by Gasteiger charge is 2.39. The number of nitrogen functional groups attached to an aromatic ring is 1. The zero-order chi connectivity index (χ0) is 24.4. The summed E-state index contributed by atoms with van der Waals surface area (Å²) < 4.78 is 11.0. The zero-order valence-corrected chi connectivity index (χ0v) is 21.2. The maximum atomic E-state index is 10.8. The average Bonchev–Trinajstić information content (AvgIpc) is 3.06. The largest absolute Gasteiger partial charge is 0.471 e. The van der Waals surface area contributed by atoms with Crippen molar-refractivity contribution in [1.82, 2.24) is 4.98 Å². The van der Waals surface area contributed by atoms with Crippen molar-refractivity contribution in [2.24, 2.45) is 11.8 Å². The van der Waals surface area contributed by atoms with Crippen LogP contribution in [0.2, 0.25) is 5.15 Å². The number of nitrogens with one attached hydrogen (secondary N) is 2. The number of nitrogens with two attached hydrogens (primary N) is 1. The van der Waals surface area contributed by atoms with Crippen LogP contribution in [0.5, 0.6) is 0 Å². The second-order valence-electron chi connectivity index (χ2n) is 8.64. The van der Waals surface area contributed by atoms with E-state index in [4.69, 9.17) is 32.0 Å². The molecule has 0 saturated heterocycles. The minimum Gasteiger partial charge on any atom is -0.471 e. The normalized spacial score (nSPS) is 22.2. The number of hydrazine groups is 1. The van der Waals surface area contributed by atoms with Crippen LogP contribution in [-0.2, 0) is 15.9 Å². The molecular weight excluding hydrogens is 468 g/mol. The molecule has 0 aliphatic heterocycles. The molecule has 0 radical (unpaired) electrons. The van der Waals surface area contributed by atoms with Crippen LogP contribution in [0, 0.1) is 5.92 Å². The summed E-state index contributed by atoms with van der Waals surface area (Å²) in [4.78, 5) is 7.74. The van der Waals surface area contributed by atoms with Gasteiger partial charge in [0, 0.05) is 26.0 Å². The Morgan fingerprint density at radius 1 is 1.39 bits per heavy atom. The second kappa shape index (κ2) is 13.7. The fourth-order valence-corrected chi connectivity index (χ4v) is 4.84. The Bertz CT molecular complexity index is 778. The van der Waals surface area contributed by atoms with Gasteiger partial charge in [-0.3, -0.25) is 5.84 Å². The fraction of sp³-hybridized carbons (Fsp3) is 0.727. The lowest BCUT2D eigenvalue weighted by atomic mass is 9.97. The first kappa shape index (κ1) is 28.1.